The van der Waals surface area contributed by atoms with E-state index < -0.39 is 0 Å². The third-order valence-corrected chi connectivity index (χ3v) is 3.30. The lowest BCUT2D eigenvalue weighted by atomic mass is 9.93. The summed E-state index contributed by atoms with van der Waals surface area (Å²) in [7, 11) is 0. The third-order valence-electron chi connectivity index (χ3n) is 3.30. The maximum Gasteiger partial charge on any atom is 0.181 e. The Kier molecular flexibility index (Phi) is 3.94. The van der Waals surface area contributed by atoms with E-state index in [2.05, 4.69) is 5.10 Å². The molecule has 0 spiro atoms. The van der Waals surface area contributed by atoms with Gasteiger partial charge < -0.3 is 4.74 Å². The molecular formula is C13H20N2O2. The molecule has 17 heavy (non-hydrogen) atoms. The molecule has 0 amide bonds. The summed E-state index contributed by atoms with van der Waals surface area (Å²) in [5, 5.41) is 4.31. The van der Waals surface area contributed by atoms with Gasteiger partial charge in [-0.05, 0) is 38.7 Å². The van der Waals surface area contributed by atoms with Crippen molar-refractivity contribution in [2.24, 2.45) is 5.92 Å². The molecule has 0 N–H and O–H groups in total. The lowest BCUT2D eigenvalue weighted by Crippen LogP contribution is -2.20. The first-order chi connectivity index (χ1) is 8.20. The van der Waals surface area contributed by atoms with E-state index in [1.165, 1.54) is 0 Å². The smallest absolute Gasteiger partial charge is 0.181 e. The van der Waals surface area contributed by atoms with Crippen LogP contribution in [0.15, 0.2) is 6.07 Å². The summed E-state index contributed by atoms with van der Waals surface area (Å²) < 4.78 is 7.11. The molecule has 0 saturated carbocycles. The van der Waals surface area contributed by atoms with Crippen molar-refractivity contribution in [3.05, 3.63) is 17.5 Å². The molecule has 1 aromatic heterocycles. The van der Waals surface area contributed by atoms with Crippen LogP contribution in [0.5, 0.6) is 0 Å². The molecule has 0 radical (unpaired) electrons. The van der Waals surface area contributed by atoms with Gasteiger partial charge in [0.2, 0.25) is 0 Å². The second-order valence-corrected chi connectivity index (χ2v) is 4.67. The van der Waals surface area contributed by atoms with Crippen LogP contribution < -0.4 is 0 Å². The van der Waals surface area contributed by atoms with Gasteiger partial charge in [0.25, 0.3) is 0 Å². The predicted octanol–water partition coefficient (Wildman–Crippen LogP) is 2.21. The summed E-state index contributed by atoms with van der Waals surface area (Å²) >= 11 is 0. The molecule has 1 aromatic rings. The molecule has 2 heterocycles. The molecule has 1 aliphatic rings. The van der Waals surface area contributed by atoms with E-state index in [1.807, 2.05) is 19.9 Å². The summed E-state index contributed by atoms with van der Waals surface area (Å²) in [6.07, 6.45) is 2.64. The van der Waals surface area contributed by atoms with Crippen molar-refractivity contribution in [2.45, 2.75) is 39.7 Å². The highest BCUT2D eigenvalue weighted by molar-refractivity contribution is 5.94. The molecular weight excluding hydrogens is 216 g/mol. The lowest BCUT2D eigenvalue weighted by Gasteiger charge is -2.21. The predicted molar refractivity (Wildman–Crippen MR) is 65.1 cm³/mol. The highest BCUT2D eigenvalue weighted by Gasteiger charge is 2.20. The molecule has 1 fully saturated rings. The van der Waals surface area contributed by atoms with E-state index >= 15 is 0 Å². The lowest BCUT2D eigenvalue weighted by molar-refractivity contribution is 0.0598. The van der Waals surface area contributed by atoms with E-state index in [0.29, 0.717) is 12.3 Å². The quantitative estimate of drug-likeness (QED) is 0.753. The minimum atomic E-state index is 0.222. The minimum absolute atomic E-state index is 0.222. The van der Waals surface area contributed by atoms with Crippen molar-refractivity contribution in [3.63, 3.8) is 0 Å². The number of nitrogens with zero attached hydrogens (tertiary/aromatic N) is 2. The van der Waals surface area contributed by atoms with Gasteiger partial charge >= 0.3 is 0 Å². The summed E-state index contributed by atoms with van der Waals surface area (Å²) in [6, 6.07) is 1.89. The largest absolute Gasteiger partial charge is 0.381 e. The third kappa shape index (κ3) is 2.94. The molecule has 2 rings (SSSR count). The second-order valence-electron chi connectivity index (χ2n) is 4.67. The van der Waals surface area contributed by atoms with Crippen LogP contribution in [0.2, 0.25) is 0 Å². The average molecular weight is 236 g/mol. The van der Waals surface area contributed by atoms with Gasteiger partial charge in [-0.1, -0.05) is 0 Å². The average Bonchev–Trinajstić information content (AvgIpc) is 2.72. The molecule has 0 bridgehead atoms. The first-order valence-corrected chi connectivity index (χ1v) is 6.36. The van der Waals surface area contributed by atoms with E-state index in [0.717, 1.165) is 44.0 Å². The van der Waals surface area contributed by atoms with Crippen LogP contribution in [0.4, 0.5) is 0 Å². The summed E-state index contributed by atoms with van der Waals surface area (Å²) in [5.74, 6) is 0.705. The van der Waals surface area contributed by atoms with Crippen molar-refractivity contribution in [3.8, 4) is 0 Å². The number of aryl methyl sites for hydroxylation is 2. The maximum atomic E-state index is 12.2. The van der Waals surface area contributed by atoms with Gasteiger partial charge in [0.1, 0.15) is 5.69 Å². The van der Waals surface area contributed by atoms with E-state index in [1.54, 1.807) is 4.68 Å². The molecule has 94 valence electrons. The van der Waals surface area contributed by atoms with Gasteiger partial charge in [-0.25, -0.2) is 0 Å². The van der Waals surface area contributed by atoms with E-state index in [4.69, 9.17) is 4.74 Å². The number of ether oxygens (including phenoxy) is 1. The Hall–Kier alpha value is -1.16. The van der Waals surface area contributed by atoms with Crippen molar-refractivity contribution in [1.82, 2.24) is 9.78 Å². The zero-order chi connectivity index (χ0) is 12.3. The molecule has 0 atom stereocenters. The Labute approximate surface area is 102 Å². The fraction of sp³-hybridized carbons (Fsp3) is 0.692. The van der Waals surface area contributed by atoms with Crippen molar-refractivity contribution in [2.75, 3.05) is 13.2 Å². The van der Waals surface area contributed by atoms with Crippen LogP contribution >= 0.6 is 0 Å². The Bertz CT molecular complexity index is 392. The van der Waals surface area contributed by atoms with E-state index in [-0.39, 0.29) is 5.78 Å². The summed E-state index contributed by atoms with van der Waals surface area (Å²) in [6.45, 7) is 6.28. The molecule has 0 unspecified atom stereocenters. The zero-order valence-electron chi connectivity index (χ0n) is 10.6. The van der Waals surface area contributed by atoms with Gasteiger partial charge in [-0.3, -0.25) is 9.48 Å². The molecule has 4 nitrogen and oxygen atoms in total. The highest BCUT2D eigenvalue weighted by atomic mass is 16.5. The second kappa shape index (κ2) is 5.45. The van der Waals surface area contributed by atoms with Gasteiger partial charge in [0, 0.05) is 26.2 Å². The monoisotopic (exact) mass is 236 g/mol. The van der Waals surface area contributed by atoms with Gasteiger partial charge in [-0.15, -0.1) is 0 Å². The molecule has 0 aromatic carbocycles. The van der Waals surface area contributed by atoms with Crippen LogP contribution in [0.25, 0.3) is 0 Å². The number of carbonyl (C=O) groups is 1. The Morgan fingerprint density at radius 1 is 1.53 bits per heavy atom. The maximum absolute atomic E-state index is 12.2. The Morgan fingerprint density at radius 2 is 2.24 bits per heavy atom. The molecule has 1 aliphatic heterocycles. The fourth-order valence-electron chi connectivity index (χ4n) is 2.33. The topological polar surface area (TPSA) is 44.1 Å². The van der Waals surface area contributed by atoms with Crippen LogP contribution in [0.3, 0.4) is 0 Å². The van der Waals surface area contributed by atoms with Gasteiger partial charge in [0.15, 0.2) is 5.78 Å². The molecule has 0 aliphatic carbocycles. The van der Waals surface area contributed by atoms with Crippen LogP contribution in [-0.4, -0.2) is 28.8 Å². The summed E-state index contributed by atoms with van der Waals surface area (Å²) in [5.41, 5.74) is 1.68. The first-order valence-electron chi connectivity index (χ1n) is 6.36. The number of ketones is 1. The number of rotatable bonds is 4. The number of hydrogen-bond acceptors (Lipinski definition) is 3. The Morgan fingerprint density at radius 3 is 2.88 bits per heavy atom. The number of carbonyl (C=O) groups excluding carboxylic acids is 1. The number of Topliss-reactive ketones (excluding diaryl/α,β-unsaturated/α-hetero) is 1. The van der Waals surface area contributed by atoms with Gasteiger partial charge in [0.05, 0.1) is 5.69 Å². The number of hydrogen-bond donors (Lipinski definition) is 0. The van der Waals surface area contributed by atoms with Gasteiger partial charge in [-0.2, -0.15) is 5.10 Å². The van der Waals surface area contributed by atoms with Crippen molar-refractivity contribution in [1.29, 1.82) is 0 Å². The number of aromatic nitrogens is 2. The minimum Gasteiger partial charge on any atom is -0.381 e. The van der Waals surface area contributed by atoms with Crippen molar-refractivity contribution < 1.29 is 9.53 Å². The van der Waals surface area contributed by atoms with Crippen LogP contribution in [-0.2, 0) is 11.3 Å². The van der Waals surface area contributed by atoms with E-state index in [9.17, 15) is 4.79 Å². The van der Waals surface area contributed by atoms with Crippen LogP contribution in [0.1, 0.15) is 42.4 Å². The molecule has 4 heteroatoms. The fourth-order valence-corrected chi connectivity index (χ4v) is 2.33. The Balaban J connectivity index is 2.02. The SMILES string of the molecule is CCn1nc(C)cc1C(=O)CC1CCOCC1. The summed E-state index contributed by atoms with van der Waals surface area (Å²) in [4.78, 5) is 12.2. The van der Waals surface area contributed by atoms with Crippen LogP contribution in [0, 0.1) is 12.8 Å². The zero-order valence-corrected chi connectivity index (χ0v) is 10.6. The standard InChI is InChI=1S/C13H20N2O2/c1-3-15-12(8-10(2)14-15)13(16)9-11-4-6-17-7-5-11/h8,11H,3-7,9H2,1-2H3. The molecule has 1 saturated heterocycles. The van der Waals surface area contributed by atoms with Crippen molar-refractivity contribution >= 4 is 5.78 Å². The highest BCUT2D eigenvalue weighted by Crippen LogP contribution is 2.21. The normalized spacial score (nSPS) is 17.3. The first kappa shape index (κ1) is 12.3.